The molecule has 1 fully saturated rings. The van der Waals surface area contributed by atoms with Gasteiger partial charge in [0.2, 0.25) is 0 Å². The van der Waals surface area contributed by atoms with Gasteiger partial charge in [-0.15, -0.1) is 0 Å². The van der Waals surface area contributed by atoms with Crippen molar-refractivity contribution in [3.05, 3.63) is 0 Å². The van der Waals surface area contributed by atoms with Crippen LogP contribution in [0.5, 0.6) is 0 Å². The van der Waals surface area contributed by atoms with Gasteiger partial charge >= 0.3 is 0 Å². The molecule has 0 bridgehead atoms. The third-order valence-electron chi connectivity index (χ3n) is 3.40. The molecule has 5 atom stereocenters. The standard InChI is InChI=1S/C9H19BO3/c1-5-7(4-11)13-9(12-3)6(2)8(5)10/h5-9,11H,4,10H2,1-3H3. The molecule has 5 unspecified atom stereocenters. The Kier molecular flexibility index (Phi) is 3.77. The van der Waals surface area contributed by atoms with Crippen molar-refractivity contribution in [1.29, 1.82) is 0 Å². The van der Waals surface area contributed by atoms with Crippen LogP contribution in [0.2, 0.25) is 5.82 Å². The van der Waals surface area contributed by atoms with Crippen LogP contribution in [0.4, 0.5) is 0 Å². The zero-order chi connectivity index (χ0) is 10.0. The third kappa shape index (κ3) is 2.06. The lowest BCUT2D eigenvalue weighted by Gasteiger charge is -2.42. The SMILES string of the molecule is BC1C(C)C(CO)OC(OC)C1C. The second-order valence-electron chi connectivity index (χ2n) is 4.04. The fraction of sp³-hybridized carbons (Fsp3) is 1.00. The minimum atomic E-state index is -0.164. The molecule has 1 saturated heterocycles. The van der Waals surface area contributed by atoms with Crippen LogP contribution in [0, 0.1) is 11.8 Å². The smallest absolute Gasteiger partial charge is 0.159 e. The lowest BCUT2D eigenvalue weighted by atomic mass is 9.66. The average Bonchev–Trinajstić information content (AvgIpc) is 2.15. The highest BCUT2D eigenvalue weighted by Crippen LogP contribution is 2.37. The zero-order valence-electron chi connectivity index (χ0n) is 8.86. The molecule has 4 heteroatoms. The molecule has 1 aliphatic rings. The molecule has 0 aromatic heterocycles. The highest BCUT2D eigenvalue weighted by Gasteiger charge is 2.38. The third-order valence-corrected chi connectivity index (χ3v) is 3.40. The van der Waals surface area contributed by atoms with E-state index in [1.807, 2.05) is 0 Å². The minimum absolute atomic E-state index is 0.0730. The molecule has 0 radical (unpaired) electrons. The van der Waals surface area contributed by atoms with E-state index >= 15 is 0 Å². The Hall–Kier alpha value is -0.0551. The van der Waals surface area contributed by atoms with E-state index in [0.717, 1.165) is 0 Å². The number of methoxy groups -OCH3 is 1. The summed E-state index contributed by atoms with van der Waals surface area (Å²) in [6, 6.07) is 0. The molecule has 3 nitrogen and oxygen atoms in total. The van der Waals surface area contributed by atoms with Crippen molar-refractivity contribution in [1.82, 2.24) is 0 Å². The molecule has 0 spiro atoms. The number of hydrogen-bond donors (Lipinski definition) is 1. The van der Waals surface area contributed by atoms with E-state index in [1.165, 1.54) is 0 Å². The number of ether oxygens (including phenoxy) is 2. The monoisotopic (exact) mass is 186 g/mol. The first-order chi connectivity index (χ1) is 6.11. The molecule has 0 amide bonds. The summed E-state index contributed by atoms with van der Waals surface area (Å²) in [5, 5.41) is 9.10. The summed E-state index contributed by atoms with van der Waals surface area (Å²) in [5.74, 6) is 1.31. The number of aliphatic hydroxyl groups excluding tert-OH is 1. The molecule has 0 aromatic rings. The highest BCUT2D eigenvalue weighted by molar-refractivity contribution is 6.12. The van der Waals surface area contributed by atoms with Crippen LogP contribution in [-0.2, 0) is 9.47 Å². The van der Waals surface area contributed by atoms with E-state index in [-0.39, 0.29) is 19.0 Å². The molecule has 0 saturated carbocycles. The van der Waals surface area contributed by atoms with Crippen molar-refractivity contribution >= 4 is 7.85 Å². The van der Waals surface area contributed by atoms with Gasteiger partial charge < -0.3 is 14.6 Å². The first-order valence-corrected chi connectivity index (χ1v) is 4.91. The average molecular weight is 186 g/mol. The maximum absolute atomic E-state index is 9.10. The summed E-state index contributed by atoms with van der Waals surface area (Å²) in [6.45, 7) is 4.33. The summed E-state index contributed by atoms with van der Waals surface area (Å²) in [6.07, 6.45) is -0.237. The van der Waals surface area contributed by atoms with Crippen LogP contribution in [0.25, 0.3) is 0 Å². The number of aliphatic hydroxyl groups is 1. The fourth-order valence-corrected chi connectivity index (χ4v) is 1.96. The molecule has 0 aliphatic carbocycles. The largest absolute Gasteiger partial charge is 0.394 e. The van der Waals surface area contributed by atoms with Crippen molar-refractivity contribution < 1.29 is 14.6 Å². The van der Waals surface area contributed by atoms with Crippen molar-refractivity contribution in [3.8, 4) is 0 Å². The topological polar surface area (TPSA) is 38.7 Å². The van der Waals surface area contributed by atoms with Crippen LogP contribution in [0.1, 0.15) is 13.8 Å². The van der Waals surface area contributed by atoms with Gasteiger partial charge in [0.25, 0.3) is 0 Å². The molecular weight excluding hydrogens is 167 g/mol. The summed E-state index contributed by atoms with van der Waals surface area (Å²) >= 11 is 0. The Morgan fingerprint density at radius 2 is 2.00 bits per heavy atom. The molecule has 1 rings (SSSR count). The summed E-state index contributed by atoms with van der Waals surface area (Å²) < 4.78 is 10.8. The number of rotatable bonds is 2. The van der Waals surface area contributed by atoms with E-state index in [1.54, 1.807) is 7.11 Å². The molecule has 13 heavy (non-hydrogen) atoms. The van der Waals surface area contributed by atoms with E-state index in [4.69, 9.17) is 14.6 Å². The van der Waals surface area contributed by atoms with E-state index in [0.29, 0.717) is 17.7 Å². The first-order valence-electron chi connectivity index (χ1n) is 4.91. The van der Waals surface area contributed by atoms with E-state index in [9.17, 15) is 0 Å². The Balaban J connectivity index is 2.66. The number of hydrogen-bond acceptors (Lipinski definition) is 3. The van der Waals surface area contributed by atoms with Gasteiger partial charge in [-0.3, -0.25) is 0 Å². The normalized spacial score (nSPS) is 46.3. The van der Waals surface area contributed by atoms with Gasteiger partial charge in [-0.25, -0.2) is 0 Å². The van der Waals surface area contributed by atoms with Gasteiger partial charge in [-0.1, -0.05) is 19.7 Å². The van der Waals surface area contributed by atoms with Crippen molar-refractivity contribution in [3.63, 3.8) is 0 Å². The van der Waals surface area contributed by atoms with E-state index in [2.05, 4.69) is 21.7 Å². The van der Waals surface area contributed by atoms with Crippen molar-refractivity contribution in [2.75, 3.05) is 13.7 Å². The zero-order valence-corrected chi connectivity index (χ0v) is 8.86. The molecule has 0 aromatic carbocycles. The first kappa shape index (κ1) is 11.0. The lowest BCUT2D eigenvalue weighted by molar-refractivity contribution is -0.227. The Morgan fingerprint density at radius 1 is 1.38 bits per heavy atom. The van der Waals surface area contributed by atoms with Crippen LogP contribution in [0.3, 0.4) is 0 Å². The van der Waals surface area contributed by atoms with Crippen LogP contribution in [-0.4, -0.2) is 39.1 Å². The summed E-state index contributed by atoms with van der Waals surface area (Å²) in [4.78, 5) is 0. The predicted octanol–water partition coefficient (Wildman–Crippen LogP) is 0.0438. The quantitative estimate of drug-likeness (QED) is 0.619. The Morgan fingerprint density at radius 3 is 2.46 bits per heavy atom. The second kappa shape index (κ2) is 4.44. The van der Waals surface area contributed by atoms with Crippen LogP contribution < -0.4 is 0 Å². The van der Waals surface area contributed by atoms with Gasteiger partial charge in [0.15, 0.2) is 6.29 Å². The van der Waals surface area contributed by atoms with Gasteiger partial charge in [0.1, 0.15) is 7.85 Å². The molecule has 1 N–H and O–H groups in total. The van der Waals surface area contributed by atoms with Gasteiger partial charge in [-0.05, 0) is 5.92 Å². The second-order valence-corrected chi connectivity index (χ2v) is 4.04. The maximum atomic E-state index is 9.10. The summed E-state index contributed by atoms with van der Waals surface area (Å²) in [7, 11) is 3.84. The molecule has 1 aliphatic heterocycles. The van der Waals surface area contributed by atoms with Gasteiger partial charge in [-0.2, -0.15) is 0 Å². The van der Waals surface area contributed by atoms with Crippen molar-refractivity contribution in [2.45, 2.75) is 32.1 Å². The molecule has 76 valence electrons. The van der Waals surface area contributed by atoms with Crippen LogP contribution in [0.15, 0.2) is 0 Å². The van der Waals surface area contributed by atoms with Gasteiger partial charge in [0.05, 0.1) is 12.7 Å². The Labute approximate surface area is 80.8 Å². The maximum Gasteiger partial charge on any atom is 0.159 e. The molecule has 1 heterocycles. The van der Waals surface area contributed by atoms with Gasteiger partial charge in [0, 0.05) is 13.0 Å². The lowest BCUT2D eigenvalue weighted by Crippen LogP contribution is -2.45. The molecular formula is C9H19BO3. The van der Waals surface area contributed by atoms with Crippen molar-refractivity contribution in [2.24, 2.45) is 11.8 Å². The minimum Gasteiger partial charge on any atom is -0.394 e. The van der Waals surface area contributed by atoms with E-state index < -0.39 is 0 Å². The highest BCUT2D eigenvalue weighted by atomic mass is 16.7. The van der Waals surface area contributed by atoms with Crippen LogP contribution >= 0.6 is 0 Å². The Bertz CT molecular complexity index is 145. The predicted molar refractivity (Wildman–Crippen MR) is 53.4 cm³/mol. The fourth-order valence-electron chi connectivity index (χ4n) is 1.96. The summed E-state index contributed by atoms with van der Waals surface area (Å²) in [5.41, 5.74) is 0.